The summed E-state index contributed by atoms with van der Waals surface area (Å²) in [4.78, 5) is 16.5. The molecule has 132 valence electrons. The molecule has 0 bridgehead atoms. The van der Waals surface area contributed by atoms with Crippen molar-refractivity contribution in [1.82, 2.24) is 0 Å². The van der Waals surface area contributed by atoms with Crippen LogP contribution < -0.4 is 14.2 Å². The largest absolute Gasteiger partial charge is 0.504 e. The van der Waals surface area contributed by atoms with E-state index in [1.54, 1.807) is 20.4 Å². The van der Waals surface area contributed by atoms with Crippen molar-refractivity contribution in [2.75, 3.05) is 27.9 Å². The number of benzene rings is 2. The van der Waals surface area contributed by atoms with Gasteiger partial charge in [-0.1, -0.05) is 0 Å². The van der Waals surface area contributed by atoms with Crippen LogP contribution in [0.1, 0.15) is 21.5 Å². The van der Waals surface area contributed by atoms with Gasteiger partial charge in [-0.2, -0.15) is 0 Å². The number of hydrogen-bond acceptors (Lipinski definition) is 6. The fourth-order valence-corrected chi connectivity index (χ4v) is 2.40. The first-order valence-corrected chi connectivity index (χ1v) is 7.62. The van der Waals surface area contributed by atoms with Crippen LogP contribution in [-0.2, 0) is 0 Å². The molecule has 0 amide bonds. The number of aryl methyl sites for hydroxylation is 1. The van der Waals surface area contributed by atoms with E-state index in [1.165, 1.54) is 25.3 Å². The van der Waals surface area contributed by atoms with Crippen molar-refractivity contribution < 1.29 is 24.1 Å². The summed E-state index contributed by atoms with van der Waals surface area (Å²) in [6.07, 6.45) is 1.59. The number of methoxy groups -OCH3 is 3. The summed E-state index contributed by atoms with van der Waals surface area (Å²) in [5.41, 5.74) is 2.14. The fourth-order valence-electron chi connectivity index (χ4n) is 2.40. The average Bonchev–Trinajstić information content (AvgIpc) is 2.61. The van der Waals surface area contributed by atoms with Gasteiger partial charge in [0, 0.05) is 17.3 Å². The molecular weight excluding hydrogens is 322 g/mol. The third kappa shape index (κ3) is 4.29. The molecule has 0 saturated carbocycles. The summed E-state index contributed by atoms with van der Waals surface area (Å²) in [5.74, 6) is 1.22. The molecule has 0 aliphatic heterocycles. The van der Waals surface area contributed by atoms with Gasteiger partial charge in [-0.3, -0.25) is 9.79 Å². The summed E-state index contributed by atoms with van der Waals surface area (Å²) in [7, 11) is 4.55. The summed E-state index contributed by atoms with van der Waals surface area (Å²) in [6.45, 7) is 1.90. The Morgan fingerprint density at radius 1 is 1.08 bits per heavy atom. The standard InChI is InChI=1S/C19H21NO5/c1-12-7-14(19(25-4)18(8-12)24-3)10-20-11-16(22)13-5-6-15(21)17(9-13)23-2/h5-10,21H,11H2,1-4H3. The zero-order valence-corrected chi connectivity index (χ0v) is 14.7. The van der Waals surface area contributed by atoms with Crippen LogP contribution in [0.15, 0.2) is 35.3 Å². The Balaban J connectivity index is 2.18. The minimum atomic E-state index is -0.187. The van der Waals surface area contributed by atoms with E-state index in [2.05, 4.69) is 4.99 Å². The number of ether oxygens (including phenoxy) is 3. The molecule has 0 aromatic heterocycles. The zero-order chi connectivity index (χ0) is 18.4. The molecular formula is C19H21NO5. The Bertz CT molecular complexity index is 799. The van der Waals surface area contributed by atoms with E-state index in [1.807, 2.05) is 19.1 Å². The van der Waals surface area contributed by atoms with Gasteiger partial charge in [0.15, 0.2) is 28.8 Å². The Kier molecular flexibility index (Phi) is 6.00. The van der Waals surface area contributed by atoms with E-state index in [-0.39, 0.29) is 23.8 Å². The number of hydrogen-bond donors (Lipinski definition) is 1. The molecule has 0 aliphatic rings. The van der Waals surface area contributed by atoms with Crippen molar-refractivity contribution in [1.29, 1.82) is 0 Å². The third-order valence-electron chi connectivity index (χ3n) is 3.62. The Labute approximate surface area is 146 Å². The van der Waals surface area contributed by atoms with E-state index >= 15 is 0 Å². The number of carbonyl (C=O) groups is 1. The van der Waals surface area contributed by atoms with E-state index < -0.39 is 0 Å². The highest BCUT2D eigenvalue weighted by Gasteiger charge is 2.11. The number of phenolic OH excluding ortho intramolecular Hbond substituents is 1. The molecule has 0 radical (unpaired) electrons. The van der Waals surface area contributed by atoms with Crippen molar-refractivity contribution in [3.63, 3.8) is 0 Å². The monoisotopic (exact) mass is 343 g/mol. The highest BCUT2D eigenvalue weighted by Crippen LogP contribution is 2.31. The lowest BCUT2D eigenvalue weighted by Crippen LogP contribution is -2.04. The molecule has 0 unspecified atom stereocenters. The molecule has 0 aliphatic carbocycles. The predicted octanol–water partition coefficient (Wildman–Crippen LogP) is 3.03. The summed E-state index contributed by atoms with van der Waals surface area (Å²) < 4.78 is 15.7. The maximum atomic E-state index is 12.3. The van der Waals surface area contributed by atoms with Crippen LogP contribution in [0, 0.1) is 6.92 Å². The molecule has 2 rings (SSSR count). The molecule has 6 heteroatoms. The molecule has 1 N–H and O–H groups in total. The Morgan fingerprint density at radius 2 is 1.80 bits per heavy atom. The molecule has 0 spiro atoms. The van der Waals surface area contributed by atoms with Gasteiger partial charge >= 0.3 is 0 Å². The summed E-state index contributed by atoms with van der Waals surface area (Å²) >= 11 is 0. The number of nitrogens with zero attached hydrogens (tertiary/aromatic N) is 1. The molecule has 0 heterocycles. The van der Waals surface area contributed by atoms with Gasteiger partial charge in [-0.15, -0.1) is 0 Å². The fraction of sp³-hybridized carbons (Fsp3) is 0.263. The van der Waals surface area contributed by atoms with Gasteiger partial charge in [-0.05, 0) is 42.8 Å². The molecule has 0 atom stereocenters. The van der Waals surface area contributed by atoms with E-state index in [0.717, 1.165) is 11.1 Å². The second-order valence-corrected chi connectivity index (χ2v) is 5.37. The SMILES string of the molecule is COc1cc(C(=O)CN=Cc2cc(C)cc(OC)c2OC)ccc1O. The Morgan fingerprint density at radius 3 is 2.44 bits per heavy atom. The maximum Gasteiger partial charge on any atom is 0.184 e. The van der Waals surface area contributed by atoms with Gasteiger partial charge in [-0.25, -0.2) is 0 Å². The number of rotatable bonds is 7. The van der Waals surface area contributed by atoms with Gasteiger partial charge in [0.1, 0.15) is 6.54 Å². The van der Waals surface area contributed by atoms with Crippen LogP contribution in [0.4, 0.5) is 0 Å². The molecule has 0 saturated heterocycles. The van der Waals surface area contributed by atoms with Crippen molar-refractivity contribution in [3.8, 4) is 23.0 Å². The van der Waals surface area contributed by atoms with Crippen LogP contribution >= 0.6 is 0 Å². The van der Waals surface area contributed by atoms with E-state index in [4.69, 9.17) is 14.2 Å². The summed E-state index contributed by atoms with van der Waals surface area (Å²) in [5, 5.41) is 9.58. The van der Waals surface area contributed by atoms with Gasteiger partial charge < -0.3 is 19.3 Å². The second kappa shape index (κ2) is 8.19. The highest BCUT2D eigenvalue weighted by molar-refractivity contribution is 5.99. The number of carbonyl (C=O) groups excluding carboxylic acids is 1. The number of aromatic hydroxyl groups is 1. The topological polar surface area (TPSA) is 77.4 Å². The first kappa shape index (κ1) is 18.3. The van der Waals surface area contributed by atoms with Crippen molar-refractivity contribution in [3.05, 3.63) is 47.0 Å². The number of Topliss-reactive ketones (excluding diaryl/α,β-unsaturated/α-hetero) is 1. The summed E-state index contributed by atoms with van der Waals surface area (Å²) in [6, 6.07) is 8.21. The quantitative estimate of drug-likeness (QED) is 0.618. The Hall–Kier alpha value is -3.02. The highest BCUT2D eigenvalue weighted by atomic mass is 16.5. The first-order chi connectivity index (χ1) is 12.0. The average molecular weight is 343 g/mol. The lowest BCUT2D eigenvalue weighted by Gasteiger charge is -2.11. The number of aliphatic imine (C=N–C) groups is 1. The van der Waals surface area contributed by atoms with Crippen LogP contribution in [0.3, 0.4) is 0 Å². The number of phenols is 1. The van der Waals surface area contributed by atoms with Gasteiger partial charge in [0.2, 0.25) is 0 Å². The smallest absolute Gasteiger partial charge is 0.184 e. The molecule has 25 heavy (non-hydrogen) atoms. The molecule has 2 aromatic rings. The van der Waals surface area contributed by atoms with Crippen molar-refractivity contribution in [2.45, 2.75) is 6.92 Å². The minimum absolute atomic E-state index is 0.0147. The van der Waals surface area contributed by atoms with Crippen LogP contribution in [0.2, 0.25) is 0 Å². The first-order valence-electron chi connectivity index (χ1n) is 7.62. The molecule has 6 nitrogen and oxygen atoms in total. The maximum absolute atomic E-state index is 12.3. The normalized spacial score (nSPS) is 10.7. The third-order valence-corrected chi connectivity index (χ3v) is 3.62. The minimum Gasteiger partial charge on any atom is -0.504 e. The van der Waals surface area contributed by atoms with E-state index in [0.29, 0.717) is 17.1 Å². The lowest BCUT2D eigenvalue weighted by molar-refractivity contribution is 0.100. The lowest BCUT2D eigenvalue weighted by atomic mass is 10.1. The van der Waals surface area contributed by atoms with Crippen molar-refractivity contribution >= 4 is 12.0 Å². The molecule has 2 aromatic carbocycles. The van der Waals surface area contributed by atoms with Crippen molar-refractivity contribution in [2.24, 2.45) is 4.99 Å². The molecule has 0 fully saturated rings. The van der Waals surface area contributed by atoms with Crippen LogP contribution in [0.5, 0.6) is 23.0 Å². The number of ketones is 1. The van der Waals surface area contributed by atoms with Crippen LogP contribution in [-0.4, -0.2) is 45.0 Å². The second-order valence-electron chi connectivity index (χ2n) is 5.37. The van der Waals surface area contributed by atoms with Gasteiger partial charge in [0.25, 0.3) is 0 Å². The van der Waals surface area contributed by atoms with Crippen LogP contribution in [0.25, 0.3) is 0 Å². The zero-order valence-electron chi connectivity index (χ0n) is 14.7. The van der Waals surface area contributed by atoms with E-state index in [9.17, 15) is 9.90 Å². The predicted molar refractivity (Wildman–Crippen MR) is 95.7 cm³/mol. The van der Waals surface area contributed by atoms with Gasteiger partial charge in [0.05, 0.1) is 21.3 Å².